The van der Waals surface area contributed by atoms with Crippen molar-refractivity contribution in [2.75, 3.05) is 25.4 Å². The van der Waals surface area contributed by atoms with Crippen LogP contribution >= 0.6 is 0 Å². The lowest BCUT2D eigenvalue weighted by Crippen LogP contribution is -2.43. The number of allylic oxidation sites excluding steroid dienone is 2. The van der Waals surface area contributed by atoms with Crippen molar-refractivity contribution in [2.45, 2.75) is 0 Å². The van der Waals surface area contributed by atoms with E-state index in [0.29, 0.717) is 19.6 Å². The molecule has 0 bridgehead atoms. The number of sulfonamides is 1. The lowest BCUT2D eigenvalue weighted by atomic mass is 10.1. The van der Waals surface area contributed by atoms with Crippen LogP contribution in [0.4, 0.5) is 0 Å². The van der Waals surface area contributed by atoms with Gasteiger partial charge in [0.25, 0.3) is 15.9 Å². The number of hydrogen-bond acceptors (Lipinski definition) is 4. The van der Waals surface area contributed by atoms with Crippen molar-refractivity contribution in [3.8, 4) is 0 Å². The molecule has 112 valence electrons. The highest BCUT2D eigenvalue weighted by Gasteiger charge is 2.31. The number of amidine groups is 1. The minimum absolute atomic E-state index is 0.0503. The molecule has 0 radical (unpaired) electrons. The van der Waals surface area contributed by atoms with E-state index in [1.807, 2.05) is 0 Å². The van der Waals surface area contributed by atoms with E-state index in [9.17, 15) is 13.2 Å². The Kier molecular flexibility index (Phi) is 4.42. The van der Waals surface area contributed by atoms with Gasteiger partial charge in [0, 0.05) is 25.8 Å². The van der Waals surface area contributed by atoms with E-state index in [0.717, 1.165) is 0 Å². The highest BCUT2D eigenvalue weighted by Crippen LogP contribution is 2.19. The van der Waals surface area contributed by atoms with E-state index < -0.39 is 10.0 Å². The number of carbonyl (C=O) groups is 1. The van der Waals surface area contributed by atoms with Crippen LogP contribution in [0.3, 0.4) is 0 Å². The normalized spacial score (nSPS) is 19.1. The molecule has 6 nitrogen and oxygen atoms in total. The maximum atomic E-state index is 12.6. The van der Waals surface area contributed by atoms with Gasteiger partial charge in [-0.15, -0.1) is 17.6 Å². The van der Waals surface area contributed by atoms with Gasteiger partial charge in [0.05, 0.1) is 11.3 Å². The standard InChI is InChI=1S/C14H17N3O3S/c1-3-7-17(8-4-2)14(18)12-6-5-9-16-10-11-21(19,20)15-13(12)16/h3-6,9H,1-2,7-8,10-11H2. The molecule has 2 rings (SSSR count). The first-order chi connectivity index (χ1) is 9.98. The molecule has 21 heavy (non-hydrogen) atoms. The van der Waals surface area contributed by atoms with E-state index in [1.54, 1.807) is 35.4 Å². The van der Waals surface area contributed by atoms with Gasteiger partial charge in [-0.25, -0.2) is 8.42 Å². The maximum Gasteiger partial charge on any atom is 0.258 e. The first kappa shape index (κ1) is 15.2. The number of amides is 1. The lowest BCUT2D eigenvalue weighted by Gasteiger charge is -2.30. The summed E-state index contributed by atoms with van der Waals surface area (Å²) in [4.78, 5) is 15.8. The van der Waals surface area contributed by atoms with Crippen LogP contribution in [-0.2, 0) is 14.8 Å². The highest BCUT2D eigenvalue weighted by atomic mass is 32.2. The van der Waals surface area contributed by atoms with Gasteiger partial charge < -0.3 is 9.80 Å². The van der Waals surface area contributed by atoms with E-state index in [-0.39, 0.29) is 23.1 Å². The van der Waals surface area contributed by atoms with Gasteiger partial charge in [-0.05, 0) is 12.2 Å². The number of nitrogens with zero attached hydrogens (tertiary/aromatic N) is 3. The molecule has 0 aromatic heterocycles. The van der Waals surface area contributed by atoms with Crippen molar-refractivity contribution in [3.05, 3.63) is 49.2 Å². The summed E-state index contributed by atoms with van der Waals surface area (Å²) in [5.74, 6) is -0.155. The average Bonchev–Trinajstić information content (AvgIpc) is 2.45. The second-order valence-electron chi connectivity index (χ2n) is 4.60. The Morgan fingerprint density at radius 3 is 2.67 bits per heavy atom. The number of carbonyl (C=O) groups excluding carboxylic acids is 1. The summed E-state index contributed by atoms with van der Waals surface area (Å²) in [6, 6.07) is 0. The Morgan fingerprint density at radius 1 is 1.38 bits per heavy atom. The van der Waals surface area contributed by atoms with E-state index in [1.165, 1.54) is 4.90 Å². The number of rotatable bonds is 5. The molecule has 0 aliphatic carbocycles. The molecule has 1 amide bonds. The van der Waals surface area contributed by atoms with Crippen LogP contribution in [0.5, 0.6) is 0 Å². The van der Waals surface area contributed by atoms with Crippen molar-refractivity contribution >= 4 is 21.8 Å². The van der Waals surface area contributed by atoms with E-state index in [4.69, 9.17) is 0 Å². The molecule has 0 aromatic carbocycles. The largest absolute Gasteiger partial charge is 0.331 e. The molecule has 0 saturated carbocycles. The molecule has 2 aliphatic heterocycles. The number of hydrogen-bond donors (Lipinski definition) is 0. The molecule has 0 unspecified atom stereocenters. The molecular formula is C14H17N3O3S. The molecule has 0 spiro atoms. The smallest absolute Gasteiger partial charge is 0.258 e. The van der Waals surface area contributed by atoms with Crippen LogP contribution in [0, 0.1) is 0 Å². The van der Waals surface area contributed by atoms with Gasteiger partial charge in [0.2, 0.25) is 0 Å². The Labute approximate surface area is 124 Å². The minimum Gasteiger partial charge on any atom is -0.331 e. The summed E-state index contributed by atoms with van der Waals surface area (Å²) < 4.78 is 27.1. The Hall–Kier alpha value is -2.15. The van der Waals surface area contributed by atoms with Crippen molar-refractivity contribution in [2.24, 2.45) is 4.40 Å². The quantitative estimate of drug-likeness (QED) is 0.701. The van der Waals surface area contributed by atoms with Crippen molar-refractivity contribution in [1.29, 1.82) is 0 Å². The fraction of sp³-hybridized carbons (Fsp3) is 0.286. The molecule has 0 saturated heterocycles. The third-order valence-corrected chi connectivity index (χ3v) is 4.22. The van der Waals surface area contributed by atoms with Crippen LogP contribution in [0.15, 0.2) is 53.6 Å². The monoisotopic (exact) mass is 307 g/mol. The molecule has 0 aromatic rings. The fourth-order valence-corrected chi connectivity index (χ4v) is 3.09. The lowest BCUT2D eigenvalue weighted by molar-refractivity contribution is -0.125. The molecule has 0 N–H and O–H groups in total. The Morgan fingerprint density at radius 2 is 2.05 bits per heavy atom. The predicted molar refractivity (Wildman–Crippen MR) is 82.1 cm³/mol. The van der Waals surface area contributed by atoms with Crippen molar-refractivity contribution in [1.82, 2.24) is 9.80 Å². The minimum atomic E-state index is -3.51. The first-order valence-corrected chi connectivity index (χ1v) is 8.08. The zero-order valence-electron chi connectivity index (χ0n) is 11.6. The van der Waals surface area contributed by atoms with Crippen LogP contribution in [-0.4, -0.2) is 55.3 Å². The summed E-state index contributed by atoms with van der Waals surface area (Å²) >= 11 is 0. The van der Waals surface area contributed by atoms with Gasteiger partial charge in [0.1, 0.15) is 0 Å². The fourth-order valence-electron chi connectivity index (χ4n) is 2.11. The molecule has 0 fully saturated rings. The van der Waals surface area contributed by atoms with Crippen molar-refractivity contribution < 1.29 is 13.2 Å². The zero-order chi connectivity index (χ0) is 15.5. The summed E-state index contributed by atoms with van der Waals surface area (Å²) in [5.41, 5.74) is 0.268. The summed E-state index contributed by atoms with van der Waals surface area (Å²) in [6.07, 6.45) is 8.23. The van der Waals surface area contributed by atoms with Crippen LogP contribution < -0.4 is 0 Å². The van der Waals surface area contributed by atoms with Gasteiger partial charge in [-0.3, -0.25) is 4.79 Å². The summed E-state index contributed by atoms with van der Waals surface area (Å²) in [6.45, 7) is 8.24. The first-order valence-electron chi connectivity index (χ1n) is 6.47. The predicted octanol–water partition coefficient (Wildman–Crippen LogP) is 0.685. The maximum absolute atomic E-state index is 12.6. The summed E-state index contributed by atoms with van der Waals surface area (Å²) in [7, 11) is -3.51. The molecule has 0 atom stereocenters. The van der Waals surface area contributed by atoms with Crippen molar-refractivity contribution in [3.63, 3.8) is 0 Å². The highest BCUT2D eigenvalue weighted by molar-refractivity contribution is 7.90. The van der Waals surface area contributed by atoms with Gasteiger partial charge >= 0.3 is 0 Å². The second-order valence-corrected chi connectivity index (χ2v) is 6.36. The van der Waals surface area contributed by atoms with Crippen LogP contribution in [0.1, 0.15) is 0 Å². The molecule has 7 heteroatoms. The molecular weight excluding hydrogens is 290 g/mol. The third-order valence-electron chi connectivity index (χ3n) is 3.07. The van der Waals surface area contributed by atoms with Crippen LogP contribution in [0.2, 0.25) is 0 Å². The third kappa shape index (κ3) is 3.30. The second kappa shape index (κ2) is 6.09. The van der Waals surface area contributed by atoms with E-state index in [2.05, 4.69) is 17.6 Å². The Bertz CT molecular complexity index is 649. The summed E-state index contributed by atoms with van der Waals surface area (Å²) in [5, 5.41) is 0. The van der Waals surface area contributed by atoms with Gasteiger partial charge in [-0.2, -0.15) is 0 Å². The molecule has 2 heterocycles. The SMILES string of the molecule is C=CCN(CC=C)C(=O)C1=CC=CN2CCS(=O)(=O)N=C12. The van der Waals surface area contributed by atoms with Gasteiger partial charge in [0.15, 0.2) is 5.84 Å². The average molecular weight is 307 g/mol. The number of fused-ring (bicyclic) bond motifs is 1. The topological polar surface area (TPSA) is 70.1 Å². The van der Waals surface area contributed by atoms with E-state index >= 15 is 0 Å². The van der Waals surface area contributed by atoms with Gasteiger partial charge in [-0.1, -0.05) is 12.2 Å². The molecule has 2 aliphatic rings. The zero-order valence-corrected chi connectivity index (χ0v) is 12.4. The van der Waals surface area contributed by atoms with Crippen LogP contribution in [0.25, 0.3) is 0 Å². The Balaban J connectivity index is 2.37.